The number of rotatable bonds is 9. The summed E-state index contributed by atoms with van der Waals surface area (Å²) < 4.78 is 10.4. The highest BCUT2D eigenvalue weighted by Crippen LogP contribution is 2.21. The molecule has 0 atom stereocenters. The van der Waals surface area contributed by atoms with Gasteiger partial charge in [-0.1, -0.05) is 0 Å². The first-order valence-corrected chi connectivity index (χ1v) is 7.02. The van der Waals surface area contributed by atoms with Crippen LogP contribution in [0.3, 0.4) is 0 Å². The van der Waals surface area contributed by atoms with Crippen LogP contribution in [0.2, 0.25) is 0 Å². The molecule has 1 amide bonds. The van der Waals surface area contributed by atoms with E-state index < -0.39 is 5.91 Å². The van der Waals surface area contributed by atoms with E-state index in [2.05, 4.69) is 0 Å². The fourth-order valence-electron chi connectivity index (χ4n) is 1.83. The van der Waals surface area contributed by atoms with Crippen molar-refractivity contribution in [2.75, 3.05) is 18.9 Å². The molecule has 0 aromatic heterocycles. The Balaban J connectivity index is 2.31. The van der Waals surface area contributed by atoms with Crippen LogP contribution in [0.25, 0.3) is 0 Å². The van der Waals surface area contributed by atoms with Crippen molar-refractivity contribution < 1.29 is 19.1 Å². The zero-order valence-electron chi connectivity index (χ0n) is 12.3. The normalized spacial score (nSPS) is 10.1. The lowest BCUT2D eigenvalue weighted by Gasteiger charge is -2.10. The topological polar surface area (TPSA) is 105 Å². The zero-order valence-corrected chi connectivity index (χ0v) is 12.3. The molecule has 0 radical (unpaired) electrons. The predicted octanol–water partition coefficient (Wildman–Crippen LogP) is 1.87. The summed E-state index contributed by atoms with van der Waals surface area (Å²) in [5.74, 6) is -0.328. The van der Waals surface area contributed by atoms with Crippen molar-refractivity contribution >= 4 is 17.6 Å². The molecule has 0 spiro atoms. The lowest BCUT2D eigenvalue weighted by molar-refractivity contribution is -0.143. The third-order valence-corrected chi connectivity index (χ3v) is 2.86. The summed E-state index contributed by atoms with van der Waals surface area (Å²) in [6, 6.07) is 4.73. The fourth-order valence-corrected chi connectivity index (χ4v) is 1.83. The number of amides is 1. The minimum Gasteiger partial charge on any atom is -0.493 e. The molecule has 1 aromatic rings. The maximum atomic E-state index is 11.3. The van der Waals surface area contributed by atoms with Crippen molar-refractivity contribution in [1.29, 1.82) is 0 Å². The number of anilines is 1. The largest absolute Gasteiger partial charge is 0.493 e. The van der Waals surface area contributed by atoms with Crippen LogP contribution in [0.15, 0.2) is 18.2 Å². The zero-order chi connectivity index (χ0) is 15.7. The molecule has 1 rings (SSSR count). The fraction of sp³-hybridized carbons (Fsp3) is 0.467. The molecule has 0 saturated heterocycles. The molecular weight excluding hydrogens is 272 g/mol. The Labute approximate surface area is 124 Å². The van der Waals surface area contributed by atoms with Crippen LogP contribution in [-0.2, 0) is 9.53 Å². The van der Waals surface area contributed by atoms with E-state index in [1.54, 1.807) is 25.1 Å². The monoisotopic (exact) mass is 294 g/mol. The molecule has 0 aliphatic rings. The van der Waals surface area contributed by atoms with Crippen molar-refractivity contribution in [3.63, 3.8) is 0 Å². The number of hydrogen-bond acceptors (Lipinski definition) is 5. The summed E-state index contributed by atoms with van der Waals surface area (Å²) in [6.07, 6.45) is 2.78. The lowest BCUT2D eigenvalue weighted by atomic mass is 10.1. The Morgan fingerprint density at radius 2 is 1.95 bits per heavy atom. The van der Waals surface area contributed by atoms with Crippen LogP contribution in [0.1, 0.15) is 43.0 Å². The van der Waals surface area contributed by atoms with Gasteiger partial charge in [-0.2, -0.15) is 0 Å². The maximum Gasteiger partial charge on any atom is 0.305 e. The van der Waals surface area contributed by atoms with E-state index in [0.717, 1.165) is 19.3 Å². The minimum atomic E-state index is -0.549. The molecule has 1 aromatic carbocycles. The quantitative estimate of drug-likeness (QED) is 0.411. The second-order valence-electron chi connectivity index (χ2n) is 4.58. The van der Waals surface area contributed by atoms with Gasteiger partial charge in [-0.25, -0.2) is 0 Å². The van der Waals surface area contributed by atoms with E-state index in [0.29, 0.717) is 36.6 Å². The van der Waals surface area contributed by atoms with Crippen LogP contribution < -0.4 is 16.2 Å². The first-order chi connectivity index (χ1) is 10.0. The Bertz CT molecular complexity index is 489. The second kappa shape index (κ2) is 8.84. The van der Waals surface area contributed by atoms with Crippen molar-refractivity contribution in [3.05, 3.63) is 23.8 Å². The van der Waals surface area contributed by atoms with Crippen LogP contribution >= 0.6 is 0 Å². The van der Waals surface area contributed by atoms with Crippen molar-refractivity contribution in [2.45, 2.75) is 32.6 Å². The summed E-state index contributed by atoms with van der Waals surface area (Å²) in [4.78, 5) is 22.4. The number of ether oxygens (including phenoxy) is 2. The molecule has 116 valence electrons. The molecule has 0 saturated carbocycles. The van der Waals surface area contributed by atoms with Gasteiger partial charge in [-0.3, -0.25) is 9.59 Å². The van der Waals surface area contributed by atoms with Gasteiger partial charge in [-0.05, 0) is 38.3 Å². The van der Waals surface area contributed by atoms with Gasteiger partial charge in [0.05, 0.1) is 18.8 Å². The first kappa shape index (κ1) is 16.8. The Morgan fingerprint density at radius 1 is 1.19 bits per heavy atom. The molecular formula is C15H22N2O4. The summed E-state index contributed by atoms with van der Waals surface area (Å²) in [5.41, 5.74) is 11.8. The number of nitrogens with two attached hydrogens (primary N) is 2. The summed E-state index contributed by atoms with van der Waals surface area (Å²) in [7, 11) is 0. The number of benzene rings is 1. The first-order valence-electron chi connectivity index (χ1n) is 7.02. The van der Waals surface area contributed by atoms with E-state index in [1.807, 2.05) is 0 Å². The standard InChI is InChI=1S/C15H22N2O4/c1-2-20-14(18)6-4-3-5-9-21-13-10-11(16)7-8-12(13)15(17)19/h7-8,10H,2-6,9,16H2,1H3,(H2,17,19). The number of hydrogen-bond donors (Lipinski definition) is 2. The average Bonchev–Trinajstić information content (AvgIpc) is 2.42. The van der Waals surface area contributed by atoms with E-state index >= 15 is 0 Å². The second-order valence-corrected chi connectivity index (χ2v) is 4.58. The third kappa shape index (κ3) is 6.16. The van der Waals surface area contributed by atoms with Crippen molar-refractivity contribution in [2.24, 2.45) is 5.73 Å². The summed E-state index contributed by atoms with van der Waals surface area (Å²) in [6.45, 7) is 2.63. The lowest BCUT2D eigenvalue weighted by Crippen LogP contribution is -2.13. The van der Waals surface area contributed by atoms with E-state index in [1.165, 1.54) is 0 Å². The SMILES string of the molecule is CCOC(=O)CCCCCOc1cc(N)ccc1C(N)=O. The molecule has 0 unspecified atom stereocenters. The van der Waals surface area contributed by atoms with E-state index in [4.69, 9.17) is 20.9 Å². The highest BCUT2D eigenvalue weighted by molar-refractivity contribution is 5.96. The Hall–Kier alpha value is -2.24. The number of nitrogen functional groups attached to an aromatic ring is 1. The molecule has 4 N–H and O–H groups in total. The number of carbonyl (C=O) groups excluding carboxylic acids is 2. The smallest absolute Gasteiger partial charge is 0.305 e. The third-order valence-electron chi connectivity index (χ3n) is 2.86. The number of primary amides is 1. The molecule has 0 aliphatic carbocycles. The molecule has 0 bridgehead atoms. The van der Waals surface area contributed by atoms with Gasteiger partial charge >= 0.3 is 5.97 Å². The molecule has 6 nitrogen and oxygen atoms in total. The van der Waals surface area contributed by atoms with Crippen LogP contribution in [0, 0.1) is 0 Å². The van der Waals surface area contributed by atoms with Crippen molar-refractivity contribution in [1.82, 2.24) is 0 Å². The minimum absolute atomic E-state index is 0.176. The molecule has 21 heavy (non-hydrogen) atoms. The summed E-state index contributed by atoms with van der Waals surface area (Å²) in [5, 5.41) is 0. The van der Waals surface area contributed by atoms with Gasteiger partial charge in [0.1, 0.15) is 5.75 Å². The van der Waals surface area contributed by atoms with Crippen LogP contribution in [-0.4, -0.2) is 25.1 Å². The Morgan fingerprint density at radius 3 is 2.62 bits per heavy atom. The van der Waals surface area contributed by atoms with Crippen LogP contribution in [0.4, 0.5) is 5.69 Å². The number of carbonyl (C=O) groups is 2. The Kier molecular flexibility index (Phi) is 7.08. The van der Waals surface area contributed by atoms with Gasteiger partial charge in [0.2, 0.25) is 0 Å². The van der Waals surface area contributed by atoms with Crippen molar-refractivity contribution in [3.8, 4) is 5.75 Å². The maximum absolute atomic E-state index is 11.3. The summed E-state index contributed by atoms with van der Waals surface area (Å²) >= 11 is 0. The predicted molar refractivity (Wildman–Crippen MR) is 80.0 cm³/mol. The van der Waals surface area contributed by atoms with Crippen LogP contribution in [0.5, 0.6) is 5.75 Å². The molecule has 0 heterocycles. The van der Waals surface area contributed by atoms with Gasteiger partial charge in [0.15, 0.2) is 0 Å². The van der Waals surface area contributed by atoms with Gasteiger partial charge in [-0.15, -0.1) is 0 Å². The van der Waals surface area contributed by atoms with E-state index in [9.17, 15) is 9.59 Å². The van der Waals surface area contributed by atoms with Gasteiger partial charge in [0, 0.05) is 18.2 Å². The van der Waals surface area contributed by atoms with E-state index in [-0.39, 0.29) is 5.97 Å². The molecule has 0 fully saturated rings. The highest BCUT2D eigenvalue weighted by atomic mass is 16.5. The average molecular weight is 294 g/mol. The molecule has 0 aliphatic heterocycles. The number of unbranched alkanes of at least 4 members (excludes halogenated alkanes) is 2. The molecule has 6 heteroatoms. The van der Waals surface area contributed by atoms with Gasteiger partial charge in [0.25, 0.3) is 5.91 Å². The number of esters is 1. The highest BCUT2D eigenvalue weighted by Gasteiger charge is 2.09. The van der Waals surface area contributed by atoms with Gasteiger partial charge < -0.3 is 20.9 Å².